The number of hydrogen-bond acceptors (Lipinski definition) is 2. The van der Waals surface area contributed by atoms with Crippen molar-refractivity contribution < 1.29 is 4.79 Å². The quantitative estimate of drug-likeness (QED) is 0.704. The molecule has 0 N–H and O–H groups in total. The third kappa shape index (κ3) is 4.03. The van der Waals surface area contributed by atoms with Crippen LogP contribution in [0.5, 0.6) is 0 Å². The van der Waals surface area contributed by atoms with Crippen molar-refractivity contribution in [3.8, 4) is 0 Å². The van der Waals surface area contributed by atoms with Gasteiger partial charge in [-0.15, -0.1) is 0 Å². The zero-order chi connectivity index (χ0) is 15.3. The van der Waals surface area contributed by atoms with Crippen LogP contribution in [0.25, 0.3) is 5.57 Å². The van der Waals surface area contributed by atoms with E-state index in [-0.39, 0.29) is 17.1 Å². The molecule has 0 amide bonds. The first kappa shape index (κ1) is 16.6. The molecule has 1 aromatic heterocycles. The number of aromatic nitrogens is 1. The molecule has 0 atom stereocenters. The summed E-state index contributed by atoms with van der Waals surface area (Å²) >= 11 is 0. The normalized spacial score (nSPS) is 12.8. The zero-order valence-corrected chi connectivity index (χ0v) is 13.7. The summed E-state index contributed by atoms with van der Waals surface area (Å²) in [5.41, 5.74) is 3.02. The summed E-state index contributed by atoms with van der Waals surface area (Å²) in [4.78, 5) is 16.9. The summed E-state index contributed by atoms with van der Waals surface area (Å²) in [5.74, 6) is 0.199. The van der Waals surface area contributed by atoms with Crippen LogP contribution in [0.2, 0.25) is 0 Å². The van der Waals surface area contributed by atoms with Crippen LogP contribution in [-0.4, -0.2) is 10.8 Å². The third-order valence-electron chi connectivity index (χ3n) is 3.86. The molecular formula is C18H27NO. The number of hydrogen-bond donors (Lipinski definition) is 0. The number of allylic oxidation sites excluding steroid dienone is 2. The van der Waals surface area contributed by atoms with E-state index in [0.717, 1.165) is 29.7 Å². The Morgan fingerprint density at radius 3 is 2.55 bits per heavy atom. The van der Waals surface area contributed by atoms with Crippen molar-refractivity contribution in [1.82, 2.24) is 4.98 Å². The van der Waals surface area contributed by atoms with Crippen LogP contribution in [0.3, 0.4) is 0 Å². The summed E-state index contributed by atoms with van der Waals surface area (Å²) in [6.45, 7) is 12.5. The lowest BCUT2D eigenvalue weighted by Gasteiger charge is -2.24. The molecule has 1 aromatic rings. The van der Waals surface area contributed by atoms with Gasteiger partial charge in [0.2, 0.25) is 0 Å². The molecule has 0 bridgehead atoms. The molecule has 1 heterocycles. The molecule has 2 nitrogen and oxygen atoms in total. The minimum Gasteiger partial charge on any atom is -0.294 e. The summed E-state index contributed by atoms with van der Waals surface area (Å²) in [6.07, 6.45) is 5.72. The highest BCUT2D eigenvalue weighted by atomic mass is 16.1. The lowest BCUT2D eigenvalue weighted by Crippen LogP contribution is -2.17. The summed E-state index contributed by atoms with van der Waals surface area (Å²) < 4.78 is 0. The summed E-state index contributed by atoms with van der Waals surface area (Å²) in [5, 5.41) is 0. The fraction of sp³-hybridized carbons (Fsp3) is 0.556. The molecule has 0 spiro atoms. The van der Waals surface area contributed by atoms with Gasteiger partial charge in [-0.2, -0.15) is 0 Å². The molecule has 110 valence electrons. The number of Topliss-reactive ketones (excluding diaryl/α,β-unsaturated/α-hetero) is 1. The van der Waals surface area contributed by atoms with Crippen molar-refractivity contribution in [2.75, 3.05) is 0 Å². The second kappa shape index (κ2) is 6.83. The lowest BCUT2D eigenvalue weighted by atomic mass is 9.82. The minimum absolute atomic E-state index is 0.00782. The van der Waals surface area contributed by atoms with Crippen molar-refractivity contribution in [1.29, 1.82) is 0 Å². The second-order valence-electron chi connectivity index (χ2n) is 6.41. The van der Waals surface area contributed by atoms with Crippen LogP contribution in [-0.2, 0) is 11.2 Å². The number of carbonyl (C=O) groups is 1. The molecule has 2 heteroatoms. The summed E-state index contributed by atoms with van der Waals surface area (Å²) in [6, 6.07) is 3.93. The number of nitrogens with zero attached hydrogens (tertiary/aromatic N) is 1. The van der Waals surface area contributed by atoms with Gasteiger partial charge in [-0.05, 0) is 24.8 Å². The van der Waals surface area contributed by atoms with Crippen molar-refractivity contribution >= 4 is 11.4 Å². The number of carbonyl (C=O) groups excluding carboxylic acids is 1. The van der Waals surface area contributed by atoms with E-state index in [0.29, 0.717) is 0 Å². The van der Waals surface area contributed by atoms with E-state index < -0.39 is 0 Å². The molecule has 0 fully saturated rings. The van der Waals surface area contributed by atoms with E-state index in [1.54, 1.807) is 0 Å². The van der Waals surface area contributed by atoms with E-state index in [1.165, 1.54) is 0 Å². The van der Waals surface area contributed by atoms with Gasteiger partial charge in [0.15, 0.2) is 5.78 Å². The Kier molecular flexibility index (Phi) is 5.67. The van der Waals surface area contributed by atoms with Crippen LogP contribution in [0.4, 0.5) is 0 Å². The molecule has 0 saturated heterocycles. The highest BCUT2D eigenvalue weighted by Crippen LogP contribution is 2.29. The van der Waals surface area contributed by atoms with Gasteiger partial charge >= 0.3 is 0 Å². The molecule has 0 saturated carbocycles. The van der Waals surface area contributed by atoms with Crippen LogP contribution in [0.15, 0.2) is 24.4 Å². The van der Waals surface area contributed by atoms with Crippen LogP contribution in [0, 0.1) is 11.3 Å². The number of rotatable bonds is 6. The average Bonchev–Trinajstić information content (AvgIpc) is 2.41. The largest absolute Gasteiger partial charge is 0.294 e. The van der Waals surface area contributed by atoms with Gasteiger partial charge in [-0.3, -0.25) is 9.78 Å². The van der Waals surface area contributed by atoms with Gasteiger partial charge in [-0.25, -0.2) is 0 Å². The maximum absolute atomic E-state index is 12.4. The van der Waals surface area contributed by atoms with E-state index in [1.807, 2.05) is 45.2 Å². The Labute approximate surface area is 123 Å². The maximum atomic E-state index is 12.4. The van der Waals surface area contributed by atoms with Crippen molar-refractivity contribution in [3.63, 3.8) is 0 Å². The predicted molar refractivity (Wildman–Crippen MR) is 85.5 cm³/mol. The molecule has 20 heavy (non-hydrogen) atoms. The Morgan fingerprint density at radius 2 is 2.05 bits per heavy atom. The fourth-order valence-corrected chi connectivity index (χ4v) is 2.14. The van der Waals surface area contributed by atoms with Gasteiger partial charge < -0.3 is 0 Å². The molecule has 0 unspecified atom stereocenters. The van der Waals surface area contributed by atoms with Crippen LogP contribution in [0.1, 0.15) is 59.2 Å². The van der Waals surface area contributed by atoms with E-state index in [4.69, 9.17) is 0 Å². The first-order valence-electron chi connectivity index (χ1n) is 7.47. The molecule has 0 aromatic carbocycles. The van der Waals surface area contributed by atoms with E-state index in [9.17, 15) is 4.79 Å². The smallest absolute Gasteiger partial charge is 0.165 e. The van der Waals surface area contributed by atoms with E-state index >= 15 is 0 Å². The maximum Gasteiger partial charge on any atom is 0.165 e. The zero-order valence-electron chi connectivity index (χ0n) is 13.7. The Hall–Kier alpha value is -1.44. The van der Waals surface area contributed by atoms with Gasteiger partial charge in [0, 0.05) is 28.9 Å². The highest BCUT2D eigenvalue weighted by molar-refractivity contribution is 6.21. The topological polar surface area (TPSA) is 30.0 Å². The van der Waals surface area contributed by atoms with Crippen molar-refractivity contribution in [2.45, 2.75) is 54.4 Å². The summed E-state index contributed by atoms with van der Waals surface area (Å²) in [7, 11) is 0. The lowest BCUT2D eigenvalue weighted by molar-refractivity contribution is -0.116. The first-order valence-corrected chi connectivity index (χ1v) is 7.47. The standard InChI is InChI=1S/C18H27NO/c1-7-14(17(20)13(3)4)15-10-9-11-19-16(15)12-18(5,6)8-2/h7,9-11,13H,8,12H2,1-6H3/b14-7+. The predicted octanol–water partition coefficient (Wildman–Crippen LogP) is 4.69. The van der Waals surface area contributed by atoms with Gasteiger partial charge in [0.05, 0.1) is 0 Å². The van der Waals surface area contributed by atoms with Gasteiger partial charge in [0.1, 0.15) is 0 Å². The monoisotopic (exact) mass is 273 g/mol. The molecule has 0 aliphatic heterocycles. The molecule has 1 rings (SSSR count). The Morgan fingerprint density at radius 1 is 1.40 bits per heavy atom. The van der Waals surface area contributed by atoms with Crippen LogP contribution >= 0.6 is 0 Å². The van der Waals surface area contributed by atoms with Gasteiger partial charge in [-0.1, -0.05) is 53.2 Å². The second-order valence-corrected chi connectivity index (χ2v) is 6.41. The molecule has 0 radical (unpaired) electrons. The first-order chi connectivity index (χ1) is 9.32. The van der Waals surface area contributed by atoms with Crippen molar-refractivity contribution in [3.05, 3.63) is 35.7 Å². The minimum atomic E-state index is 0.00782. The highest BCUT2D eigenvalue weighted by Gasteiger charge is 2.22. The SMILES string of the molecule is C/C=C(/C(=O)C(C)C)c1cccnc1CC(C)(C)CC. The van der Waals surface area contributed by atoms with Gasteiger partial charge in [0.25, 0.3) is 0 Å². The average molecular weight is 273 g/mol. The Bertz CT molecular complexity index is 498. The Balaban J connectivity index is 3.22. The third-order valence-corrected chi connectivity index (χ3v) is 3.86. The van der Waals surface area contributed by atoms with Crippen molar-refractivity contribution in [2.24, 2.45) is 11.3 Å². The number of ketones is 1. The number of pyridine rings is 1. The van der Waals surface area contributed by atoms with Crippen LogP contribution < -0.4 is 0 Å². The van der Waals surface area contributed by atoms with E-state index in [2.05, 4.69) is 25.8 Å². The molecular weight excluding hydrogens is 246 g/mol. The fourth-order valence-electron chi connectivity index (χ4n) is 2.14. The molecule has 0 aliphatic rings. The molecule has 0 aliphatic carbocycles.